The van der Waals surface area contributed by atoms with E-state index in [1.54, 1.807) is 56.3 Å². The van der Waals surface area contributed by atoms with Gasteiger partial charge in [-0.05, 0) is 49.7 Å². The number of nitrogens with one attached hydrogen (secondary N) is 1. The third-order valence-electron chi connectivity index (χ3n) is 4.23. The molecule has 30 heavy (non-hydrogen) atoms. The van der Waals surface area contributed by atoms with E-state index in [-0.39, 0.29) is 18.7 Å². The van der Waals surface area contributed by atoms with E-state index in [0.717, 1.165) is 0 Å². The van der Waals surface area contributed by atoms with E-state index in [1.165, 1.54) is 6.20 Å². The maximum atomic E-state index is 12.5. The number of hydrogen-bond donors (Lipinski definition) is 1. The molecule has 8 heteroatoms. The molecule has 0 bridgehead atoms. The van der Waals surface area contributed by atoms with Gasteiger partial charge in [0, 0.05) is 5.69 Å². The summed E-state index contributed by atoms with van der Waals surface area (Å²) in [5, 5.41) is 2.67. The van der Waals surface area contributed by atoms with Gasteiger partial charge in [0.25, 0.3) is 5.91 Å². The van der Waals surface area contributed by atoms with Crippen molar-refractivity contribution in [1.82, 2.24) is 9.97 Å². The molecule has 0 radical (unpaired) electrons. The predicted molar refractivity (Wildman–Crippen MR) is 110 cm³/mol. The predicted octanol–water partition coefficient (Wildman–Crippen LogP) is 3.38. The molecule has 0 aliphatic rings. The molecule has 1 unspecified atom stereocenters. The molecule has 1 heterocycles. The quantitative estimate of drug-likeness (QED) is 0.598. The van der Waals surface area contributed by atoms with Crippen LogP contribution < -0.4 is 5.32 Å². The number of nitrogens with zero attached hydrogens (tertiary/aromatic N) is 2. The number of hydrogen-bond acceptors (Lipinski definition) is 7. The number of carbonyl (C=O) groups is 3. The molecule has 3 rings (SSSR count). The lowest BCUT2D eigenvalue weighted by Crippen LogP contribution is -2.32. The number of anilines is 1. The Morgan fingerprint density at radius 1 is 0.967 bits per heavy atom. The molecule has 0 fully saturated rings. The van der Waals surface area contributed by atoms with Gasteiger partial charge in [-0.15, -0.1) is 0 Å². The molecule has 0 aliphatic carbocycles. The number of benzene rings is 2. The van der Waals surface area contributed by atoms with Crippen molar-refractivity contribution in [2.45, 2.75) is 26.4 Å². The van der Waals surface area contributed by atoms with Gasteiger partial charge in [-0.1, -0.05) is 19.1 Å². The average Bonchev–Trinajstić information content (AvgIpc) is 2.77. The molecule has 8 nitrogen and oxygen atoms in total. The van der Waals surface area contributed by atoms with Crippen LogP contribution in [0.4, 0.5) is 5.69 Å². The third kappa shape index (κ3) is 4.96. The van der Waals surface area contributed by atoms with Crippen LogP contribution in [-0.4, -0.2) is 40.5 Å². The zero-order valence-electron chi connectivity index (χ0n) is 16.6. The Balaban J connectivity index is 1.65. The number of amides is 1. The topological polar surface area (TPSA) is 107 Å². The van der Waals surface area contributed by atoms with Crippen LogP contribution in [0.2, 0.25) is 0 Å². The molecule has 3 aromatic rings. The van der Waals surface area contributed by atoms with Gasteiger partial charge in [0.05, 0.1) is 29.4 Å². The van der Waals surface area contributed by atoms with Crippen molar-refractivity contribution in [3.8, 4) is 0 Å². The summed E-state index contributed by atoms with van der Waals surface area (Å²) >= 11 is 0. The Kier molecular flexibility index (Phi) is 6.69. The Morgan fingerprint density at radius 2 is 1.67 bits per heavy atom. The molecule has 0 spiro atoms. The van der Waals surface area contributed by atoms with Crippen LogP contribution in [-0.2, 0) is 14.3 Å². The Labute approximate surface area is 173 Å². The summed E-state index contributed by atoms with van der Waals surface area (Å²) in [7, 11) is 0. The standard InChI is InChI=1S/C22H21N3O5/c1-3-19(20(26)24-15-11-9-14(10-12-15)21(27)29-4-2)30-22(28)18-13-23-16-7-5-6-8-17(16)25-18/h5-13,19H,3-4H2,1-2H3,(H,24,26). The third-order valence-corrected chi connectivity index (χ3v) is 4.23. The Bertz CT molecular complexity index is 1070. The van der Waals surface area contributed by atoms with E-state index in [4.69, 9.17) is 9.47 Å². The van der Waals surface area contributed by atoms with E-state index in [1.807, 2.05) is 6.07 Å². The molecule has 0 aliphatic heterocycles. The van der Waals surface area contributed by atoms with Gasteiger partial charge in [-0.3, -0.25) is 9.78 Å². The number of ether oxygens (including phenoxy) is 2. The number of fused-ring (bicyclic) bond motifs is 1. The first kappa shape index (κ1) is 20.9. The van der Waals surface area contributed by atoms with E-state index in [9.17, 15) is 14.4 Å². The molecule has 154 valence electrons. The van der Waals surface area contributed by atoms with Gasteiger partial charge < -0.3 is 14.8 Å². The summed E-state index contributed by atoms with van der Waals surface area (Å²) < 4.78 is 10.3. The highest BCUT2D eigenvalue weighted by Crippen LogP contribution is 2.14. The molecule has 1 N–H and O–H groups in total. The van der Waals surface area contributed by atoms with E-state index in [0.29, 0.717) is 22.3 Å². The minimum atomic E-state index is -1.00. The summed E-state index contributed by atoms with van der Waals surface area (Å²) in [4.78, 5) is 45.1. The van der Waals surface area contributed by atoms with Crippen molar-refractivity contribution < 1.29 is 23.9 Å². The molecular formula is C22H21N3O5. The van der Waals surface area contributed by atoms with Crippen molar-refractivity contribution in [3.63, 3.8) is 0 Å². The fraction of sp³-hybridized carbons (Fsp3) is 0.227. The van der Waals surface area contributed by atoms with Gasteiger partial charge in [0.1, 0.15) is 0 Å². The van der Waals surface area contributed by atoms with Crippen LogP contribution in [0.15, 0.2) is 54.7 Å². The number of aromatic nitrogens is 2. The molecule has 1 atom stereocenters. The van der Waals surface area contributed by atoms with Crippen LogP contribution in [0.3, 0.4) is 0 Å². The van der Waals surface area contributed by atoms with Crippen LogP contribution in [0.5, 0.6) is 0 Å². The summed E-state index contributed by atoms with van der Waals surface area (Å²) in [5.74, 6) is -1.65. The Hall–Kier alpha value is -3.81. The first-order valence-corrected chi connectivity index (χ1v) is 9.52. The van der Waals surface area contributed by atoms with Crippen LogP contribution in [0, 0.1) is 0 Å². The summed E-state index contributed by atoms with van der Waals surface area (Å²) in [6.07, 6.45) is 0.596. The van der Waals surface area contributed by atoms with Crippen LogP contribution in [0.1, 0.15) is 41.1 Å². The monoisotopic (exact) mass is 407 g/mol. The lowest BCUT2D eigenvalue weighted by molar-refractivity contribution is -0.124. The number of rotatable bonds is 7. The van der Waals surface area contributed by atoms with Crippen molar-refractivity contribution in [2.75, 3.05) is 11.9 Å². The summed E-state index contributed by atoms with van der Waals surface area (Å²) in [6.45, 7) is 3.73. The maximum Gasteiger partial charge on any atom is 0.359 e. The molecule has 2 aromatic carbocycles. The smallest absolute Gasteiger partial charge is 0.359 e. The Morgan fingerprint density at radius 3 is 2.33 bits per heavy atom. The zero-order chi connectivity index (χ0) is 21.5. The van der Waals surface area contributed by atoms with Crippen molar-refractivity contribution in [1.29, 1.82) is 0 Å². The first-order chi connectivity index (χ1) is 14.5. The molecule has 0 saturated heterocycles. The fourth-order valence-corrected chi connectivity index (χ4v) is 2.69. The van der Waals surface area contributed by atoms with Gasteiger partial charge in [0.2, 0.25) is 0 Å². The van der Waals surface area contributed by atoms with Gasteiger partial charge in [0.15, 0.2) is 11.8 Å². The normalized spacial score (nSPS) is 11.5. The van der Waals surface area contributed by atoms with E-state index < -0.39 is 23.9 Å². The fourth-order valence-electron chi connectivity index (χ4n) is 2.69. The van der Waals surface area contributed by atoms with Crippen molar-refractivity contribution in [2.24, 2.45) is 0 Å². The lowest BCUT2D eigenvalue weighted by Gasteiger charge is -2.16. The van der Waals surface area contributed by atoms with Crippen molar-refractivity contribution in [3.05, 3.63) is 66.0 Å². The highest BCUT2D eigenvalue weighted by Gasteiger charge is 2.23. The second-order valence-corrected chi connectivity index (χ2v) is 6.33. The van der Waals surface area contributed by atoms with Crippen LogP contribution in [0.25, 0.3) is 11.0 Å². The molecule has 1 aromatic heterocycles. The van der Waals surface area contributed by atoms with E-state index in [2.05, 4.69) is 15.3 Å². The second kappa shape index (κ2) is 9.60. The highest BCUT2D eigenvalue weighted by molar-refractivity contribution is 5.98. The van der Waals surface area contributed by atoms with Gasteiger partial charge in [-0.2, -0.15) is 0 Å². The zero-order valence-corrected chi connectivity index (χ0v) is 16.6. The number of carbonyl (C=O) groups excluding carboxylic acids is 3. The molecule has 0 saturated carbocycles. The SMILES string of the molecule is CCOC(=O)c1ccc(NC(=O)C(CC)OC(=O)c2cnc3ccccc3n2)cc1. The second-order valence-electron chi connectivity index (χ2n) is 6.33. The maximum absolute atomic E-state index is 12.5. The number of esters is 2. The lowest BCUT2D eigenvalue weighted by atomic mass is 10.2. The van der Waals surface area contributed by atoms with Gasteiger partial charge >= 0.3 is 11.9 Å². The highest BCUT2D eigenvalue weighted by atomic mass is 16.5. The molecule has 1 amide bonds. The molecular weight excluding hydrogens is 386 g/mol. The first-order valence-electron chi connectivity index (χ1n) is 9.52. The van der Waals surface area contributed by atoms with E-state index >= 15 is 0 Å². The number of para-hydroxylation sites is 2. The summed E-state index contributed by atoms with van der Waals surface area (Å²) in [5.41, 5.74) is 2.09. The minimum Gasteiger partial charge on any atom is -0.462 e. The summed E-state index contributed by atoms with van der Waals surface area (Å²) in [6, 6.07) is 13.4. The van der Waals surface area contributed by atoms with Gasteiger partial charge in [-0.25, -0.2) is 14.6 Å². The van der Waals surface area contributed by atoms with Crippen molar-refractivity contribution >= 4 is 34.6 Å². The minimum absolute atomic E-state index is 0.0266. The largest absolute Gasteiger partial charge is 0.462 e. The van der Waals surface area contributed by atoms with Crippen LogP contribution >= 0.6 is 0 Å². The average molecular weight is 407 g/mol.